The van der Waals surface area contributed by atoms with E-state index in [0.29, 0.717) is 18.4 Å². The molecule has 1 atom stereocenters. The molecule has 0 amide bonds. The third-order valence-corrected chi connectivity index (χ3v) is 3.58. The van der Waals surface area contributed by atoms with Gasteiger partial charge in [-0.15, -0.1) is 0 Å². The van der Waals surface area contributed by atoms with E-state index in [9.17, 15) is 8.78 Å². The van der Waals surface area contributed by atoms with Crippen LogP contribution in [0, 0.1) is 25.5 Å². The van der Waals surface area contributed by atoms with Crippen LogP contribution in [0.4, 0.5) is 8.78 Å². The summed E-state index contributed by atoms with van der Waals surface area (Å²) in [5.74, 6) is -1.61. The quantitative estimate of drug-likeness (QED) is 0.904. The number of benzene rings is 2. The van der Waals surface area contributed by atoms with Gasteiger partial charge in [0.2, 0.25) is 0 Å². The SMILES string of the molecule is Cc1ccc(CC(N)Cc2cccc(F)c2F)cc1C. The Kier molecular flexibility index (Phi) is 4.50. The van der Waals surface area contributed by atoms with Gasteiger partial charge in [0.1, 0.15) is 0 Å². The molecule has 0 fully saturated rings. The van der Waals surface area contributed by atoms with Crippen molar-refractivity contribution >= 4 is 0 Å². The maximum atomic E-state index is 13.6. The van der Waals surface area contributed by atoms with Gasteiger partial charge in [-0.2, -0.15) is 0 Å². The average molecular weight is 275 g/mol. The average Bonchev–Trinajstić information content (AvgIpc) is 2.39. The van der Waals surface area contributed by atoms with Crippen LogP contribution in [0.25, 0.3) is 0 Å². The molecule has 0 aliphatic heterocycles. The number of nitrogens with two attached hydrogens (primary N) is 1. The van der Waals surface area contributed by atoms with Crippen LogP contribution >= 0.6 is 0 Å². The minimum absolute atomic E-state index is 0.228. The highest BCUT2D eigenvalue weighted by Gasteiger charge is 2.12. The second-order valence-corrected chi connectivity index (χ2v) is 5.30. The van der Waals surface area contributed by atoms with Crippen LogP contribution in [0.2, 0.25) is 0 Å². The van der Waals surface area contributed by atoms with E-state index < -0.39 is 11.6 Å². The summed E-state index contributed by atoms with van der Waals surface area (Å²) in [5, 5.41) is 0. The molecule has 0 radical (unpaired) electrons. The minimum atomic E-state index is -0.819. The standard InChI is InChI=1S/C17H19F2N/c1-11-6-7-13(8-12(11)2)9-15(20)10-14-4-3-5-16(18)17(14)19/h3-8,15H,9-10,20H2,1-2H3. The van der Waals surface area contributed by atoms with Gasteiger partial charge in [-0.1, -0.05) is 30.3 Å². The van der Waals surface area contributed by atoms with Gasteiger partial charge in [-0.25, -0.2) is 8.78 Å². The Bertz CT molecular complexity index is 608. The molecule has 0 aliphatic rings. The minimum Gasteiger partial charge on any atom is -0.327 e. The van der Waals surface area contributed by atoms with Crippen molar-refractivity contribution in [3.05, 3.63) is 70.3 Å². The zero-order chi connectivity index (χ0) is 14.7. The van der Waals surface area contributed by atoms with E-state index in [1.807, 2.05) is 6.07 Å². The molecule has 0 spiro atoms. The molecule has 0 saturated heterocycles. The lowest BCUT2D eigenvalue weighted by atomic mass is 9.97. The van der Waals surface area contributed by atoms with Crippen molar-refractivity contribution in [2.24, 2.45) is 5.73 Å². The zero-order valence-electron chi connectivity index (χ0n) is 11.8. The molecule has 106 valence electrons. The fraction of sp³-hybridized carbons (Fsp3) is 0.294. The molecule has 3 heteroatoms. The zero-order valence-corrected chi connectivity index (χ0v) is 11.8. The summed E-state index contributed by atoms with van der Waals surface area (Å²) in [7, 11) is 0. The molecule has 0 aliphatic carbocycles. The second-order valence-electron chi connectivity index (χ2n) is 5.30. The Morgan fingerprint density at radius 2 is 1.75 bits per heavy atom. The molecule has 0 bridgehead atoms. The Morgan fingerprint density at radius 3 is 2.45 bits per heavy atom. The fourth-order valence-electron chi connectivity index (χ4n) is 2.29. The van der Waals surface area contributed by atoms with Gasteiger partial charge in [0.25, 0.3) is 0 Å². The van der Waals surface area contributed by atoms with Crippen molar-refractivity contribution in [2.75, 3.05) is 0 Å². The lowest BCUT2D eigenvalue weighted by molar-refractivity contribution is 0.492. The highest BCUT2D eigenvalue weighted by Crippen LogP contribution is 2.16. The molecule has 0 heterocycles. The summed E-state index contributed by atoms with van der Waals surface area (Å²) < 4.78 is 26.7. The van der Waals surface area contributed by atoms with Gasteiger partial charge in [0, 0.05) is 6.04 Å². The first kappa shape index (κ1) is 14.7. The maximum Gasteiger partial charge on any atom is 0.162 e. The predicted molar refractivity (Wildman–Crippen MR) is 77.7 cm³/mol. The van der Waals surface area contributed by atoms with Crippen LogP contribution in [0.1, 0.15) is 22.3 Å². The van der Waals surface area contributed by atoms with Gasteiger partial charge in [0.05, 0.1) is 0 Å². The molecule has 0 saturated carbocycles. The number of halogens is 2. The number of aryl methyl sites for hydroxylation is 2. The molecular weight excluding hydrogens is 256 g/mol. The van der Waals surface area contributed by atoms with Crippen molar-refractivity contribution in [3.8, 4) is 0 Å². The van der Waals surface area contributed by atoms with Gasteiger partial charge in [-0.05, 0) is 55.0 Å². The highest BCUT2D eigenvalue weighted by molar-refractivity contribution is 5.30. The van der Waals surface area contributed by atoms with Crippen molar-refractivity contribution in [2.45, 2.75) is 32.7 Å². The molecule has 2 N–H and O–H groups in total. The van der Waals surface area contributed by atoms with Crippen LogP contribution in [0.3, 0.4) is 0 Å². The largest absolute Gasteiger partial charge is 0.327 e. The summed E-state index contributed by atoms with van der Waals surface area (Å²) in [6, 6.07) is 10.2. The van der Waals surface area contributed by atoms with Crippen LogP contribution in [-0.4, -0.2) is 6.04 Å². The van der Waals surface area contributed by atoms with E-state index in [0.717, 1.165) is 11.6 Å². The van der Waals surface area contributed by atoms with Crippen LogP contribution in [-0.2, 0) is 12.8 Å². The topological polar surface area (TPSA) is 26.0 Å². The lowest BCUT2D eigenvalue weighted by Gasteiger charge is -2.13. The molecule has 2 rings (SSSR count). The van der Waals surface area contributed by atoms with Gasteiger partial charge in [-0.3, -0.25) is 0 Å². The Hall–Kier alpha value is -1.74. The maximum absolute atomic E-state index is 13.6. The normalized spacial score (nSPS) is 12.4. The van der Waals surface area contributed by atoms with E-state index >= 15 is 0 Å². The van der Waals surface area contributed by atoms with Gasteiger partial charge in [0.15, 0.2) is 11.6 Å². The summed E-state index contributed by atoms with van der Waals surface area (Å²) in [5.41, 5.74) is 9.96. The third kappa shape index (κ3) is 3.42. The van der Waals surface area contributed by atoms with Crippen LogP contribution in [0.15, 0.2) is 36.4 Å². The Labute approximate surface area is 118 Å². The smallest absolute Gasteiger partial charge is 0.162 e. The first-order valence-corrected chi connectivity index (χ1v) is 6.72. The first-order chi connectivity index (χ1) is 9.47. The fourth-order valence-corrected chi connectivity index (χ4v) is 2.29. The van der Waals surface area contributed by atoms with E-state index in [1.54, 1.807) is 6.07 Å². The first-order valence-electron chi connectivity index (χ1n) is 6.72. The summed E-state index contributed by atoms with van der Waals surface area (Å²) >= 11 is 0. The van der Waals surface area contributed by atoms with Crippen molar-refractivity contribution in [1.29, 1.82) is 0 Å². The molecule has 1 unspecified atom stereocenters. The Morgan fingerprint density at radius 1 is 1.00 bits per heavy atom. The number of rotatable bonds is 4. The second kappa shape index (κ2) is 6.14. The molecule has 0 aromatic heterocycles. The van der Waals surface area contributed by atoms with E-state index in [2.05, 4.69) is 26.0 Å². The summed E-state index contributed by atoms with van der Waals surface area (Å²) in [6.07, 6.45) is 0.980. The van der Waals surface area contributed by atoms with E-state index in [-0.39, 0.29) is 6.04 Å². The molecule has 2 aromatic carbocycles. The van der Waals surface area contributed by atoms with Crippen LogP contribution < -0.4 is 5.73 Å². The molecular formula is C17H19F2N. The molecule has 2 aromatic rings. The summed E-state index contributed by atoms with van der Waals surface area (Å²) in [6.45, 7) is 4.11. The van der Waals surface area contributed by atoms with Crippen molar-refractivity contribution in [3.63, 3.8) is 0 Å². The number of hydrogen-bond donors (Lipinski definition) is 1. The van der Waals surface area contributed by atoms with Gasteiger partial charge >= 0.3 is 0 Å². The highest BCUT2D eigenvalue weighted by atomic mass is 19.2. The lowest BCUT2D eigenvalue weighted by Crippen LogP contribution is -2.26. The number of hydrogen-bond acceptors (Lipinski definition) is 1. The predicted octanol–water partition coefficient (Wildman–Crippen LogP) is 3.69. The van der Waals surface area contributed by atoms with Gasteiger partial charge < -0.3 is 5.73 Å². The Balaban J connectivity index is 2.07. The van der Waals surface area contributed by atoms with Crippen molar-refractivity contribution < 1.29 is 8.78 Å². The van der Waals surface area contributed by atoms with E-state index in [4.69, 9.17) is 5.73 Å². The third-order valence-electron chi connectivity index (χ3n) is 3.58. The van der Waals surface area contributed by atoms with E-state index in [1.165, 1.54) is 17.2 Å². The molecule has 20 heavy (non-hydrogen) atoms. The molecule has 1 nitrogen and oxygen atoms in total. The van der Waals surface area contributed by atoms with Crippen LogP contribution in [0.5, 0.6) is 0 Å². The summed E-state index contributed by atoms with van der Waals surface area (Å²) in [4.78, 5) is 0. The van der Waals surface area contributed by atoms with Crippen molar-refractivity contribution in [1.82, 2.24) is 0 Å². The monoisotopic (exact) mass is 275 g/mol.